The summed E-state index contributed by atoms with van der Waals surface area (Å²) in [5.41, 5.74) is -0.0175. The number of carboxylic acid groups (broad SMARTS) is 1. The van der Waals surface area contributed by atoms with E-state index in [1.165, 1.54) is 16.7 Å². The fourth-order valence-corrected chi connectivity index (χ4v) is 4.65. The number of β-lactam (4-membered cyclic amide) rings is 1. The van der Waals surface area contributed by atoms with Crippen LogP contribution in [0.15, 0.2) is 17.1 Å². The van der Waals surface area contributed by atoms with Crippen molar-refractivity contribution >= 4 is 29.9 Å². The number of phenols is 3. The van der Waals surface area contributed by atoms with Crippen molar-refractivity contribution in [1.29, 1.82) is 0 Å². The maximum atomic E-state index is 12.3. The zero-order valence-corrected chi connectivity index (χ0v) is 13.7. The number of nitrogens with zero attached hydrogens (tertiary/aromatic N) is 2. The van der Waals surface area contributed by atoms with Crippen molar-refractivity contribution < 1.29 is 30.0 Å². The topological polar surface area (TPSA) is 131 Å². The van der Waals surface area contributed by atoms with Crippen LogP contribution in [-0.4, -0.2) is 65.6 Å². The van der Waals surface area contributed by atoms with Crippen molar-refractivity contribution in [2.45, 2.75) is 36.1 Å². The van der Waals surface area contributed by atoms with E-state index in [-0.39, 0.29) is 22.8 Å². The number of hydrogen-bond donors (Lipinski definition) is 4. The van der Waals surface area contributed by atoms with Crippen LogP contribution in [0.25, 0.3) is 0 Å². The third-order valence-electron chi connectivity index (χ3n) is 4.13. The lowest BCUT2D eigenvalue weighted by atomic mass is 9.96. The van der Waals surface area contributed by atoms with Gasteiger partial charge in [0, 0.05) is 23.1 Å². The van der Waals surface area contributed by atoms with E-state index in [0.717, 1.165) is 18.3 Å². The van der Waals surface area contributed by atoms with Crippen LogP contribution in [0.4, 0.5) is 0 Å². The maximum absolute atomic E-state index is 12.3. The number of hydrogen-bond acceptors (Lipinski definition) is 7. The molecule has 2 saturated heterocycles. The number of fused-ring (bicyclic) bond motifs is 1. The van der Waals surface area contributed by atoms with Gasteiger partial charge in [-0.15, -0.1) is 11.8 Å². The average Bonchev–Trinajstić information content (AvgIpc) is 2.70. The quantitative estimate of drug-likeness (QED) is 0.466. The molecule has 1 amide bonds. The van der Waals surface area contributed by atoms with Gasteiger partial charge in [0.05, 0.1) is 5.56 Å². The molecule has 2 aliphatic heterocycles. The van der Waals surface area contributed by atoms with Crippen LogP contribution < -0.4 is 0 Å². The lowest BCUT2D eigenvalue weighted by Gasteiger charge is -2.41. The van der Waals surface area contributed by atoms with Crippen LogP contribution >= 0.6 is 11.8 Å². The number of carbonyl (C=O) groups excluding carboxylic acids is 1. The molecule has 8 nitrogen and oxygen atoms in total. The fraction of sp³-hybridized carbons (Fsp3) is 0.400. The molecule has 3 rings (SSSR count). The SMILES string of the molecule is CC1(C)SC2C(N=Cc3c(O)cc(O)cc3O)C(=O)N2C1C(=O)O. The number of carbonyl (C=O) groups is 2. The molecule has 128 valence electrons. The van der Waals surface area contributed by atoms with Crippen molar-refractivity contribution in [3.05, 3.63) is 17.7 Å². The van der Waals surface area contributed by atoms with Gasteiger partial charge in [0.2, 0.25) is 0 Å². The molecule has 0 aromatic heterocycles. The molecule has 0 radical (unpaired) electrons. The Hall–Kier alpha value is -2.42. The van der Waals surface area contributed by atoms with Crippen molar-refractivity contribution in [2.24, 2.45) is 4.99 Å². The van der Waals surface area contributed by atoms with Crippen LogP contribution in [0.5, 0.6) is 17.2 Å². The molecule has 3 atom stereocenters. The summed E-state index contributed by atoms with van der Waals surface area (Å²) in [6.07, 6.45) is 1.16. The molecule has 0 spiro atoms. The summed E-state index contributed by atoms with van der Waals surface area (Å²) < 4.78 is -0.640. The number of amides is 1. The number of phenolic OH excluding ortho intramolecular Hbond substituents is 3. The maximum Gasteiger partial charge on any atom is 0.327 e. The van der Waals surface area contributed by atoms with E-state index in [0.29, 0.717) is 0 Å². The molecule has 0 aliphatic carbocycles. The zero-order chi connectivity index (χ0) is 17.8. The lowest BCUT2D eigenvalue weighted by molar-refractivity contribution is -0.158. The standard InChI is InChI=1S/C15H16N2O6S/c1-15(2)11(14(22)23)17-12(21)10(13(17)24-15)16-5-7-8(19)3-6(18)4-9(7)20/h3-5,10-11,13,18-20H,1-2H3,(H,22,23). The Morgan fingerprint density at radius 3 is 2.42 bits per heavy atom. The van der Waals surface area contributed by atoms with E-state index < -0.39 is 34.1 Å². The zero-order valence-electron chi connectivity index (χ0n) is 12.9. The number of aliphatic imine (C=N–C) groups is 1. The van der Waals surface area contributed by atoms with Crippen molar-refractivity contribution in [3.63, 3.8) is 0 Å². The predicted octanol–water partition coefficient (Wildman–Crippen LogP) is 0.738. The highest BCUT2D eigenvalue weighted by molar-refractivity contribution is 8.01. The summed E-state index contributed by atoms with van der Waals surface area (Å²) in [5.74, 6) is -2.50. The van der Waals surface area contributed by atoms with Gasteiger partial charge in [-0.1, -0.05) is 0 Å². The highest BCUT2D eigenvalue weighted by atomic mass is 32.2. The predicted molar refractivity (Wildman–Crippen MR) is 86.5 cm³/mol. The van der Waals surface area contributed by atoms with Crippen molar-refractivity contribution in [3.8, 4) is 17.2 Å². The monoisotopic (exact) mass is 352 g/mol. The summed E-state index contributed by atoms with van der Waals surface area (Å²) in [4.78, 5) is 29.1. The van der Waals surface area contributed by atoms with E-state index >= 15 is 0 Å². The normalized spacial score (nSPS) is 28.0. The number of thioether (sulfide) groups is 1. The first-order chi connectivity index (χ1) is 11.1. The summed E-state index contributed by atoms with van der Waals surface area (Å²) in [7, 11) is 0. The number of aromatic hydroxyl groups is 3. The molecule has 1 aromatic carbocycles. The summed E-state index contributed by atoms with van der Waals surface area (Å²) >= 11 is 1.36. The van der Waals surface area contributed by atoms with Gasteiger partial charge >= 0.3 is 5.97 Å². The Labute approximate surface area is 141 Å². The minimum absolute atomic E-state index is 0.0175. The molecule has 24 heavy (non-hydrogen) atoms. The first-order valence-corrected chi connectivity index (χ1v) is 8.02. The molecule has 9 heteroatoms. The van der Waals surface area contributed by atoms with Gasteiger partial charge in [-0.25, -0.2) is 4.79 Å². The first-order valence-electron chi connectivity index (χ1n) is 7.14. The average molecular weight is 352 g/mol. The van der Waals surface area contributed by atoms with Crippen molar-refractivity contribution in [1.82, 2.24) is 4.90 Å². The van der Waals surface area contributed by atoms with Gasteiger partial charge in [-0.05, 0) is 13.8 Å². The van der Waals surface area contributed by atoms with Crippen LogP contribution in [0.3, 0.4) is 0 Å². The summed E-state index contributed by atoms with van der Waals surface area (Å²) in [6, 6.07) is 0.404. The van der Waals surface area contributed by atoms with E-state index in [2.05, 4.69) is 4.99 Å². The lowest BCUT2D eigenvalue weighted by Crippen LogP contribution is -2.64. The molecule has 0 saturated carbocycles. The summed E-state index contributed by atoms with van der Waals surface area (Å²) in [6.45, 7) is 3.53. The third kappa shape index (κ3) is 2.35. The highest BCUT2D eigenvalue weighted by Gasteiger charge is 2.63. The molecular weight excluding hydrogens is 336 g/mol. The van der Waals surface area contributed by atoms with Gasteiger partial charge in [0.25, 0.3) is 5.91 Å². The van der Waals surface area contributed by atoms with Crippen LogP contribution in [0, 0.1) is 0 Å². The Morgan fingerprint density at radius 1 is 1.29 bits per heavy atom. The largest absolute Gasteiger partial charge is 0.508 e. The van der Waals surface area contributed by atoms with Crippen LogP contribution in [0.1, 0.15) is 19.4 Å². The van der Waals surface area contributed by atoms with Gasteiger partial charge < -0.3 is 25.3 Å². The minimum atomic E-state index is -1.06. The Kier molecular flexibility index (Phi) is 3.63. The molecule has 3 unspecified atom stereocenters. The number of rotatable bonds is 3. The summed E-state index contributed by atoms with van der Waals surface area (Å²) in [5, 5.41) is 37.7. The second-order valence-electron chi connectivity index (χ2n) is 6.22. The minimum Gasteiger partial charge on any atom is -0.508 e. The number of benzene rings is 1. The molecular formula is C15H16N2O6S. The second-order valence-corrected chi connectivity index (χ2v) is 7.99. The van der Waals surface area contributed by atoms with Gasteiger partial charge in [0.15, 0.2) is 6.04 Å². The number of carboxylic acids is 1. The van der Waals surface area contributed by atoms with E-state index in [4.69, 9.17) is 0 Å². The molecule has 1 aromatic rings. The third-order valence-corrected chi connectivity index (χ3v) is 5.69. The molecule has 2 fully saturated rings. The van der Waals surface area contributed by atoms with E-state index in [1.807, 2.05) is 0 Å². The molecule has 0 bridgehead atoms. The molecule has 4 N–H and O–H groups in total. The number of aliphatic carboxylic acids is 1. The smallest absolute Gasteiger partial charge is 0.327 e. The van der Waals surface area contributed by atoms with Crippen molar-refractivity contribution in [2.75, 3.05) is 0 Å². The van der Waals surface area contributed by atoms with Crippen LogP contribution in [0.2, 0.25) is 0 Å². The molecule has 2 heterocycles. The second kappa shape index (κ2) is 5.30. The first kappa shape index (κ1) is 16.4. The van der Waals surface area contributed by atoms with E-state index in [9.17, 15) is 30.0 Å². The van der Waals surface area contributed by atoms with Crippen LogP contribution in [-0.2, 0) is 9.59 Å². The van der Waals surface area contributed by atoms with Gasteiger partial charge in [0.1, 0.15) is 28.7 Å². The fourth-order valence-electron chi connectivity index (χ4n) is 3.03. The van der Waals surface area contributed by atoms with Gasteiger partial charge in [-0.3, -0.25) is 9.79 Å². The Morgan fingerprint density at radius 2 is 1.88 bits per heavy atom. The highest BCUT2D eigenvalue weighted by Crippen LogP contribution is 2.51. The van der Waals surface area contributed by atoms with Gasteiger partial charge in [-0.2, -0.15) is 0 Å². The molecule has 2 aliphatic rings. The Bertz CT molecular complexity index is 739. The van der Waals surface area contributed by atoms with E-state index in [1.54, 1.807) is 13.8 Å². The Balaban J connectivity index is 1.85.